The van der Waals surface area contributed by atoms with Gasteiger partial charge in [0.1, 0.15) is 41.0 Å². The van der Waals surface area contributed by atoms with E-state index in [9.17, 15) is 27.2 Å². The van der Waals surface area contributed by atoms with E-state index in [4.69, 9.17) is 15.2 Å². The lowest BCUT2D eigenvalue weighted by Crippen LogP contribution is -2.46. The predicted molar refractivity (Wildman–Crippen MR) is 165 cm³/mol. The zero-order valence-corrected chi connectivity index (χ0v) is 26.2. The Hall–Kier alpha value is -3.87. The zero-order chi connectivity index (χ0) is 33.4. The molecule has 8 nitrogen and oxygen atoms in total. The molecule has 2 aromatic carbocycles. The monoisotopic (exact) mass is 676 g/mol. The Bertz CT molecular complexity index is 1940. The summed E-state index contributed by atoms with van der Waals surface area (Å²) in [6.45, 7) is 1.01. The minimum absolute atomic E-state index is 0.0185. The van der Waals surface area contributed by atoms with Crippen LogP contribution in [0.15, 0.2) is 18.2 Å². The van der Waals surface area contributed by atoms with Gasteiger partial charge in [0.2, 0.25) is 0 Å². The van der Waals surface area contributed by atoms with Crippen molar-refractivity contribution in [2.75, 3.05) is 44.5 Å². The van der Waals surface area contributed by atoms with Crippen LogP contribution in [0, 0.1) is 23.0 Å². The fourth-order valence-electron chi connectivity index (χ4n) is 7.39. The Morgan fingerprint density at radius 1 is 1.23 bits per heavy atom. The van der Waals surface area contributed by atoms with Crippen molar-refractivity contribution < 1.29 is 35.8 Å². The number of hydrogen-bond donors (Lipinski definition) is 1. The Morgan fingerprint density at radius 3 is 2.70 bits per heavy atom. The first kappa shape index (κ1) is 31.7. The number of nitrogens with two attached hydrogens (primary N) is 1. The number of aromatic nitrogens is 2. The minimum atomic E-state index is -5.07. The molecule has 3 aliphatic rings. The topological polar surface area (TPSA) is 101 Å². The number of thiophene rings is 1. The van der Waals surface area contributed by atoms with Crippen molar-refractivity contribution in [3.8, 4) is 23.2 Å². The number of hydrogen-bond acceptors (Lipinski definition) is 9. The van der Waals surface area contributed by atoms with E-state index in [0.717, 1.165) is 24.6 Å². The molecule has 3 fully saturated rings. The van der Waals surface area contributed by atoms with Gasteiger partial charge in [-0.15, -0.1) is 11.3 Å². The van der Waals surface area contributed by atoms with Crippen LogP contribution in [0.5, 0.6) is 6.01 Å². The van der Waals surface area contributed by atoms with Crippen LogP contribution in [-0.4, -0.2) is 72.6 Å². The number of fused-ring (bicyclic) bond motifs is 3. The molecule has 2 aliphatic heterocycles. The lowest BCUT2D eigenvalue weighted by atomic mass is 9.87. The van der Waals surface area contributed by atoms with Crippen LogP contribution in [0.1, 0.15) is 43.2 Å². The molecule has 0 radical (unpaired) electrons. The zero-order valence-electron chi connectivity index (χ0n) is 25.4. The molecule has 0 bridgehead atoms. The van der Waals surface area contributed by atoms with E-state index < -0.39 is 46.2 Å². The van der Waals surface area contributed by atoms with Crippen LogP contribution in [0.25, 0.3) is 32.1 Å². The van der Waals surface area contributed by atoms with Gasteiger partial charge in [-0.05, 0) is 49.9 Å². The van der Waals surface area contributed by atoms with Gasteiger partial charge in [0.25, 0.3) is 0 Å². The summed E-state index contributed by atoms with van der Waals surface area (Å²) in [6.07, 6.45) is -3.20. The first-order valence-electron chi connectivity index (χ1n) is 15.1. The number of nitrogen functional groups attached to an aromatic ring is 1. The highest BCUT2D eigenvalue weighted by molar-refractivity contribution is 7.23. The second kappa shape index (κ2) is 11.4. The second-order valence-corrected chi connectivity index (χ2v) is 13.6. The fourth-order valence-corrected chi connectivity index (χ4v) is 8.34. The average Bonchev–Trinajstić information content (AvgIpc) is 3.64. The summed E-state index contributed by atoms with van der Waals surface area (Å²) in [5.41, 5.74) is 2.06. The SMILES string of the molecule is COC1CC(N(C)c2nc(OC[C@@]34CCCN3C[C@H](F)C4)nc3c(F)c(-c4ccc(F)c5sc(N)c(C#N)c45)c(C(F)(F)F)cc23)C1. The summed E-state index contributed by atoms with van der Waals surface area (Å²) in [6, 6.07) is 4.10. The molecule has 2 aromatic heterocycles. The average molecular weight is 677 g/mol. The lowest BCUT2D eigenvalue weighted by molar-refractivity contribution is -0.137. The Morgan fingerprint density at radius 2 is 2.00 bits per heavy atom. The van der Waals surface area contributed by atoms with E-state index in [1.54, 1.807) is 19.1 Å². The highest BCUT2D eigenvalue weighted by Crippen LogP contribution is 2.48. The number of benzene rings is 2. The predicted octanol–water partition coefficient (Wildman–Crippen LogP) is 6.83. The summed E-state index contributed by atoms with van der Waals surface area (Å²) in [4.78, 5) is 12.5. The van der Waals surface area contributed by atoms with E-state index in [1.165, 1.54) is 0 Å². The van der Waals surface area contributed by atoms with Crippen molar-refractivity contribution in [3.05, 3.63) is 41.0 Å². The van der Waals surface area contributed by atoms with Crippen LogP contribution >= 0.6 is 11.3 Å². The van der Waals surface area contributed by atoms with E-state index >= 15 is 4.39 Å². The fraction of sp³-hybridized carbons (Fsp3) is 0.469. The standard InChI is InChI=1S/C32H30F6N6O2S/c1-43(16-8-17(9-16)45-2)29-19-10-21(32(36,37)38)24(18-4-5-22(34)27-23(18)20(12-39)28(40)47-27)25(35)26(19)41-30(42-29)46-14-31-6-3-7-44(31)13-15(33)11-31/h4-5,10,15-17H,3,6-9,11,13-14,40H2,1-2H3/t15-,16?,17?,31+/m1/s1. The molecule has 15 heteroatoms. The number of alkyl halides is 4. The van der Waals surface area contributed by atoms with Crippen LogP contribution in [0.3, 0.4) is 0 Å². The first-order chi connectivity index (χ1) is 22.3. The third-order valence-corrected chi connectivity index (χ3v) is 10.9. The van der Waals surface area contributed by atoms with Crippen molar-refractivity contribution in [1.29, 1.82) is 5.26 Å². The van der Waals surface area contributed by atoms with E-state index in [2.05, 4.69) is 9.97 Å². The molecule has 4 aromatic rings. The quantitative estimate of drug-likeness (QED) is 0.213. The molecule has 47 heavy (non-hydrogen) atoms. The minimum Gasteiger partial charge on any atom is -0.461 e. The maximum Gasteiger partial charge on any atom is 0.417 e. The molecule has 1 saturated carbocycles. The Balaban J connectivity index is 1.44. The van der Waals surface area contributed by atoms with Gasteiger partial charge < -0.3 is 20.1 Å². The number of halogens is 6. The van der Waals surface area contributed by atoms with Crippen LogP contribution in [0.2, 0.25) is 0 Å². The van der Waals surface area contributed by atoms with Crippen molar-refractivity contribution >= 4 is 43.1 Å². The summed E-state index contributed by atoms with van der Waals surface area (Å²) in [5.74, 6) is -2.12. The van der Waals surface area contributed by atoms with E-state index in [0.29, 0.717) is 37.1 Å². The first-order valence-corrected chi connectivity index (χ1v) is 16.0. The van der Waals surface area contributed by atoms with Crippen molar-refractivity contribution in [2.24, 2.45) is 0 Å². The number of methoxy groups -OCH3 is 1. The number of nitrogens with zero attached hydrogens (tertiary/aromatic N) is 5. The molecule has 248 valence electrons. The van der Waals surface area contributed by atoms with Gasteiger partial charge in [-0.3, -0.25) is 4.90 Å². The van der Waals surface area contributed by atoms with Crippen molar-refractivity contribution in [3.63, 3.8) is 0 Å². The van der Waals surface area contributed by atoms with Gasteiger partial charge in [-0.25, -0.2) is 13.2 Å². The van der Waals surface area contributed by atoms with E-state index in [-0.39, 0.29) is 75.1 Å². The molecule has 7 rings (SSSR count). The third kappa shape index (κ3) is 5.12. The van der Waals surface area contributed by atoms with Crippen molar-refractivity contribution in [1.82, 2.24) is 14.9 Å². The highest BCUT2D eigenvalue weighted by atomic mass is 32.1. The van der Waals surface area contributed by atoms with E-state index in [1.807, 2.05) is 11.0 Å². The summed E-state index contributed by atoms with van der Waals surface area (Å²) in [5, 5.41) is 9.25. The normalized spacial score (nSPS) is 24.4. The summed E-state index contributed by atoms with van der Waals surface area (Å²) < 4.78 is 102. The summed E-state index contributed by atoms with van der Waals surface area (Å²) in [7, 11) is 3.22. The Kier molecular flexibility index (Phi) is 7.68. The molecule has 0 spiro atoms. The van der Waals surface area contributed by atoms with Gasteiger partial charge in [-0.2, -0.15) is 28.4 Å². The molecule has 1 aliphatic carbocycles. The maximum absolute atomic E-state index is 16.9. The number of rotatable bonds is 7. The maximum atomic E-state index is 16.9. The van der Waals surface area contributed by atoms with Gasteiger partial charge in [0.15, 0.2) is 5.82 Å². The van der Waals surface area contributed by atoms with Crippen LogP contribution < -0.4 is 15.4 Å². The molecule has 0 unspecified atom stereocenters. The molecule has 4 heterocycles. The number of ether oxygens (including phenoxy) is 2. The number of anilines is 2. The summed E-state index contributed by atoms with van der Waals surface area (Å²) >= 11 is 0.694. The van der Waals surface area contributed by atoms with Gasteiger partial charge >= 0.3 is 12.2 Å². The molecule has 2 saturated heterocycles. The van der Waals surface area contributed by atoms with Crippen LogP contribution in [0.4, 0.5) is 37.2 Å². The largest absolute Gasteiger partial charge is 0.461 e. The molecule has 2 atom stereocenters. The van der Waals surface area contributed by atoms with Crippen LogP contribution in [-0.2, 0) is 10.9 Å². The van der Waals surface area contributed by atoms with Gasteiger partial charge in [0.05, 0.1) is 27.5 Å². The molecule has 0 amide bonds. The molecular weight excluding hydrogens is 646 g/mol. The van der Waals surface area contributed by atoms with Gasteiger partial charge in [0, 0.05) is 49.5 Å². The van der Waals surface area contributed by atoms with Crippen molar-refractivity contribution in [2.45, 2.75) is 62.1 Å². The third-order valence-electron chi connectivity index (χ3n) is 9.91. The smallest absolute Gasteiger partial charge is 0.417 e. The second-order valence-electron chi connectivity index (χ2n) is 12.5. The lowest BCUT2D eigenvalue weighted by Gasteiger charge is -2.41. The highest BCUT2D eigenvalue weighted by Gasteiger charge is 2.49. The Labute approximate surface area is 269 Å². The number of nitriles is 1. The molecule has 2 N–H and O–H groups in total. The molecular formula is C32H30F6N6O2S. The van der Waals surface area contributed by atoms with Gasteiger partial charge in [-0.1, -0.05) is 6.07 Å².